The summed E-state index contributed by atoms with van der Waals surface area (Å²) in [5.41, 5.74) is 8.33. The lowest BCUT2D eigenvalue weighted by atomic mass is 10.1. The van der Waals surface area contributed by atoms with Gasteiger partial charge in [-0.3, -0.25) is 0 Å². The average Bonchev–Trinajstić information content (AvgIpc) is 3.33. The van der Waals surface area contributed by atoms with Crippen LogP contribution in [0, 0.1) is 0 Å². The maximum atomic E-state index is 13.5. The minimum absolute atomic E-state index is 0.178. The van der Waals surface area contributed by atoms with E-state index in [-0.39, 0.29) is 12.2 Å². The fourth-order valence-electron chi connectivity index (χ4n) is 4.17. The standard InChI is InChI=1S/C25H30Cl2N4O4S2/c26-8-10-30(11-9-27)20-2-4-21(5-3-20)35-37(32,33)23(22-7-16-36-25(22)28)17-19-1-6-24(29-18-19)31-12-14-34-15-13-31/h1-7,16,18,23H,8-15,17,28H2. The number of rotatable bonds is 12. The summed E-state index contributed by atoms with van der Waals surface area (Å²) in [5.74, 6) is 1.97. The fraction of sp³-hybridized carbons (Fsp3) is 0.400. The first-order valence-electron chi connectivity index (χ1n) is 11.9. The van der Waals surface area contributed by atoms with Gasteiger partial charge in [0.25, 0.3) is 0 Å². The van der Waals surface area contributed by atoms with Gasteiger partial charge in [0, 0.05) is 55.4 Å². The zero-order valence-corrected chi connectivity index (χ0v) is 23.4. The lowest BCUT2D eigenvalue weighted by molar-refractivity contribution is 0.122. The zero-order valence-electron chi connectivity index (χ0n) is 20.3. The van der Waals surface area contributed by atoms with Crippen LogP contribution in [0.5, 0.6) is 5.75 Å². The van der Waals surface area contributed by atoms with E-state index in [4.69, 9.17) is 37.9 Å². The van der Waals surface area contributed by atoms with Crippen molar-refractivity contribution in [3.8, 4) is 5.75 Å². The Balaban J connectivity index is 1.53. The number of alkyl halides is 2. The maximum absolute atomic E-state index is 13.5. The number of morpholine rings is 1. The second kappa shape index (κ2) is 13.0. The normalized spacial score (nSPS) is 14.9. The third-order valence-corrected chi connectivity index (χ3v) is 8.75. The molecule has 0 aliphatic carbocycles. The molecule has 1 unspecified atom stereocenters. The molecule has 3 heterocycles. The number of ether oxygens (including phenoxy) is 1. The number of nitrogen functional groups attached to an aromatic ring is 1. The highest BCUT2D eigenvalue weighted by atomic mass is 35.5. The zero-order chi connectivity index (χ0) is 26.3. The van der Waals surface area contributed by atoms with Gasteiger partial charge in [-0.15, -0.1) is 34.5 Å². The van der Waals surface area contributed by atoms with Crippen LogP contribution in [0.3, 0.4) is 0 Å². The second-order valence-corrected chi connectivity index (χ2v) is 11.9. The third kappa shape index (κ3) is 7.20. The van der Waals surface area contributed by atoms with Gasteiger partial charge >= 0.3 is 10.1 Å². The molecule has 2 N–H and O–H groups in total. The van der Waals surface area contributed by atoms with Crippen LogP contribution < -0.4 is 19.7 Å². The van der Waals surface area contributed by atoms with Gasteiger partial charge < -0.3 is 24.5 Å². The molecule has 0 bridgehead atoms. The van der Waals surface area contributed by atoms with Gasteiger partial charge in [-0.1, -0.05) is 6.07 Å². The predicted molar refractivity (Wildman–Crippen MR) is 152 cm³/mol. The topological polar surface area (TPSA) is 98.0 Å². The number of nitrogens with two attached hydrogens (primary N) is 1. The molecule has 0 saturated carbocycles. The minimum atomic E-state index is -4.09. The predicted octanol–water partition coefficient (Wildman–Crippen LogP) is 4.54. The molecule has 1 atom stereocenters. The number of hydrogen-bond donors (Lipinski definition) is 1. The number of thiophene rings is 1. The maximum Gasteiger partial charge on any atom is 0.316 e. The van der Waals surface area contributed by atoms with Gasteiger partial charge in [0.2, 0.25) is 0 Å². The van der Waals surface area contributed by atoms with Crippen molar-refractivity contribution in [2.75, 3.05) is 66.7 Å². The molecule has 1 aliphatic rings. The molecular weight excluding hydrogens is 555 g/mol. The molecule has 8 nitrogen and oxygen atoms in total. The first-order valence-corrected chi connectivity index (χ1v) is 15.3. The Morgan fingerprint density at radius 2 is 1.78 bits per heavy atom. The van der Waals surface area contributed by atoms with Crippen LogP contribution in [-0.4, -0.2) is 64.6 Å². The van der Waals surface area contributed by atoms with Crippen LogP contribution in [-0.2, 0) is 21.3 Å². The summed E-state index contributed by atoms with van der Waals surface area (Å²) < 4.78 is 38.1. The molecule has 1 aromatic carbocycles. The number of halogens is 2. The van der Waals surface area contributed by atoms with Crippen molar-refractivity contribution in [1.29, 1.82) is 0 Å². The number of pyridine rings is 1. The molecule has 4 rings (SSSR count). The van der Waals surface area contributed by atoms with Gasteiger partial charge in [-0.05, 0) is 53.8 Å². The van der Waals surface area contributed by atoms with Crippen LogP contribution in [0.2, 0.25) is 0 Å². The first kappa shape index (κ1) is 27.8. The van der Waals surface area contributed by atoms with Gasteiger partial charge in [-0.25, -0.2) is 4.98 Å². The van der Waals surface area contributed by atoms with E-state index >= 15 is 0 Å². The summed E-state index contributed by atoms with van der Waals surface area (Å²) in [6.07, 6.45) is 1.89. The van der Waals surface area contributed by atoms with E-state index in [9.17, 15) is 8.42 Å². The van der Waals surface area contributed by atoms with Crippen molar-refractivity contribution in [2.45, 2.75) is 11.7 Å². The minimum Gasteiger partial charge on any atom is -0.390 e. The number of anilines is 3. The Hall–Kier alpha value is -2.24. The third-order valence-electron chi connectivity index (χ3n) is 6.11. The molecule has 1 fully saturated rings. The molecule has 37 heavy (non-hydrogen) atoms. The van der Waals surface area contributed by atoms with Crippen LogP contribution in [0.1, 0.15) is 16.4 Å². The molecule has 200 valence electrons. The Bertz CT molecular complexity index is 1230. The Labute approximate surface area is 232 Å². The second-order valence-electron chi connectivity index (χ2n) is 8.49. The fourth-order valence-corrected chi connectivity index (χ4v) is 6.77. The highest BCUT2D eigenvalue weighted by Gasteiger charge is 2.32. The highest BCUT2D eigenvalue weighted by Crippen LogP contribution is 2.36. The first-order chi connectivity index (χ1) is 17.9. The van der Waals surface area contributed by atoms with Crippen molar-refractivity contribution >= 4 is 61.2 Å². The summed E-state index contributed by atoms with van der Waals surface area (Å²) in [5, 5.41) is 1.24. The Morgan fingerprint density at radius 3 is 2.35 bits per heavy atom. The summed E-state index contributed by atoms with van der Waals surface area (Å²) in [6, 6.07) is 12.4. The van der Waals surface area contributed by atoms with E-state index in [1.54, 1.807) is 41.9 Å². The van der Waals surface area contributed by atoms with E-state index in [1.165, 1.54) is 11.3 Å². The molecule has 12 heteroatoms. The van der Waals surface area contributed by atoms with Crippen LogP contribution in [0.15, 0.2) is 54.0 Å². The molecule has 0 amide bonds. The highest BCUT2D eigenvalue weighted by molar-refractivity contribution is 7.87. The van der Waals surface area contributed by atoms with E-state index in [1.807, 2.05) is 17.0 Å². The van der Waals surface area contributed by atoms with Gasteiger partial charge in [0.1, 0.15) is 16.8 Å². The number of hydrogen-bond acceptors (Lipinski definition) is 9. The Kier molecular flexibility index (Phi) is 9.77. The number of aromatic nitrogens is 1. The van der Waals surface area contributed by atoms with Crippen LogP contribution >= 0.6 is 34.5 Å². The molecule has 0 spiro atoms. The van der Waals surface area contributed by atoms with Gasteiger partial charge in [0.15, 0.2) is 0 Å². The van der Waals surface area contributed by atoms with E-state index in [0.717, 1.165) is 30.2 Å². The van der Waals surface area contributed by atoms with E-state index in [2.05, 4.69) is 9.88 Å². The van der Waals surface area contributed by atoms with Crippen molar-refractivity contribution < 1.29 is 17.3 Å². The monoisotopic (exact) mass is 584 g/mol. The van der Waals surface area contributed by atoms with Gasteiger partial charge in [0.05, 0.1) is 18.2 Å². The van der Waals surface area contributed by atoms with Gasteiger partial charge in [-0.2, -0.15) is 8.42 Å². The van der Waals surface area contributed by atoms with Crippen LogP contribution in [0.25, 0.3) is 0 Å². The summed E-state index contributed by atoms with van der Waals surface area (Å²) >= 11 is 13.1. The summed E-state index contributed by atoms with van der Waals surface area (Å²) in [4.78, 5) is 8.74. The molecule has 0 radical (unpaired) electrons. The van der Waals surface area contributed by atoms with Crippen LogP contribution in [0.4, 0.5) is 16.5 Å². The summed E-state index contributed by atoms with van der Waals surface area (Å²) in [6.45, 7) is 4.14. The van der Waals surface area contributed by atoms with Crippen molar-refractivity contribution in [3.05, 3.63) is 65.2 Å². The quantitative estimate of drug-likeness (QED) is 0.245. The largest absolute Gasteiger partial charge is 0.390 e. The molecular formula is C25H30Cl2N4O4S2. The smallest absolute Gasteiger partial charge is 0.316 e. The lowest BCUT2D eigenvalue weighted by Crippen LogP contribution is -2.36. The number of benzene rings is 1. The lowest BCUT2D eigenvalue weighted by Gasteiger charge is -2.27. The molecule has 1 aliphatic heterocycles. The molecule has 2 aromatic heterocycles. The molecule has 1 saturated heterocycles. The summed E-state index contributed by atoms with van der Waals surface area (Å²) in [7, 11) is -4.09. The van der Waals surface area contributed by atoms with Crippen molar-refractivity contribution in [2.24, 2.45) is 0 Å². The average molecular weight is 586 g/mol. The van der Waals surface area contributed by atoms with Crippen molar-refractivity contribution in [1.82, 2.24) is 4.98 Å². The Morgan fingerprint density at radius 1 is 1.08 bits per heavy atom. The van der Waals surface area contributed by atoms with Crippen molar-refractivity contribution in [3.63, 3.8) is 0 Å². The van der Waals surface area contributed by atoms with E-state index in [0.29, 0.717) is 48.6 Å². The molecule has 3 aromatic rings. The SMILES string of the molecule is Nc1sccc1C(Cc1ccc(N2CCOCC2)nc1)S(=O)(=O)Oc1ccc(N(CCCl)CCCl)cc1. The number of nitrogens with zero attached hydrogens (tertiary/aromatic N) is 3. The van der Waals surface area contributed by atoms with E-state index < -0.39 is 15.4 Å².